The monoisotopic (exact) mass is 548 g/mol. The van der Waals surface area contributed by atoms with Crippen LogP contribution in [-0.4, -0.2) is 25.1 Å². The fraction of sp³-hybridized carbons (Fsp3) is 0.238. The zero-order valence-electron chi connectivity index (χ0n) is 18.6. The molecule has 1 aromatic heterocycles. The first-order chi connectivity index (χ1) is 16.2. The Bertz CT molecular complexity index is 1330. The highest BCUT2D eigenvalue weighted by Crippen LogP contribution is 2.35. The van der Waals surface area contributed by atoms with E-state index in [-0.39, 0.29) is 15.8 Å². The van der Waals surface area contributed by atoms with Gasteiger partial charge in [0, 0.05) is 5.38 Å². The van der Waals surface area contributed by atoms with Crippen molar-refractivity contribution in [3.8, 4) is 0 Å². The maximum absolute atomic E-state index is 15.2. The molecule has 0 spiro atoms. The number of nitrogens with two attached hydrogens (primary N) is 1. The standard InChI is InChI=1S/C21H20ClF3N4O4S2/c1-21(2,3)33-20(30)29(15-9-34-10-27-15)35(31,32)14-8-7-13(17(22)18(14)25)28-19(26)16-11(23)5-4-6-12(16)24/h4-10,19,28H,26H2,1-3H3/t19-/m1/s1. The number of carbonyl (C=O) groups excluding carboxylic acids is 1. The number of aromatic nitrogens is 1. The summed E-state index contributed by atoms with van der Waals surface area (Å²) in [5.74, 6) is -3.63. The van der Waals surface area contributed by atoms with Gasteiger partial charge in [-0.1, -0.05) is 17.7 Å². The summed E-state index contributed by atoms with van der Waals surface area (Å²) in [7, 11) is -4.90. The summed E-state index contributed by atoms with van der Waals surface area (Å²) in [5, 5.41) is 2.98. The number of hydrogen-bond acceptors (Lipinski definition) is 8. The van der Waals surface area contributed by atoms with Crippen LogP contribution in [-0.2, 0) is 14.8 Å². The molecule has 0 aliphatic heterocycles. The molecule has 0 bridgehead atoms. The van der Waals surface area contributed by atoms with Gasteiger partial charge in [-0.15, -0.1) is 15.6 Å². The summed E-state index contributed by atoms with van der Waals surface area (Å²) in [6.45, 7) is 4.57. The average molecular weight is 549 g/mol. The largest absolute Gasteiger partial charge is 0.443 e. The van der Waals surface area contributed by atoms with Gasteiger partial charge in [0.25, 0.3) is 10.0 Å². The molecule has 0 aliphatic carbocycles. The molecule has 0 radical (unpaired) electrons. The minimum absolute atomic E-state index is 0.219. The Labute approximate surface area is 208 Å². The van der Waals surface area contributed by atoms with Crippen LogP contribution in [0.2, 0.25) is 5.02 Å². The summed E-state index contributed by atoms with van der Waals surface area (Å²) in [6.07, 6.45) is -2.79. The summed E-state index contributed by atoms with van der Waals surface area (Å²) >= 11 is 7.04. The van der Waals surface area contributed by atoms with Crippen LogP contribution >= 0.6 is 22.9 Å². The van der Waals surface area contributed by atoms with Crippen LogP contribution in [0.4, 0.5) is 29.5 Å². The molecular weight excluding hydrogens is 529 g/mol. The number of thiazole rings is 1. The van der Waals surface area contributed by atoms with E-state index in [9.17, 15) is 22.0 Å². The molecule has 1 atom stereocenters. The third-order valence-electron chi connectivity index (χ3n) is 4.37. The zero-order chi connectivity index (χ0) is 26.1. The number of hydrogen-bond donors (Lipinski definition) is 2. The number of anilines is 2. The van der Waals surface area contributed by atoms with Gasteiger partial charge in [-0.25, -0.2) is 31.4 Å². The van der Waals surface area contributed by atoms with Crippen molar-refractivity contribution in [1.82, 2.24) is 4.98 Å². The van der Waals surface area contributed by atoms with Gasteiger partial charge in [-0.05, 0) is 45.0 Å². The van der Waals surface area contributed by atoms with E-state index in [4.69, 9.17) is 22.1 Å². The van der Waals surface area contributed by atoms with Crippen molar-refractivity contribution < 1.29 is 31.1 Å². The molecule has 0 saturated heterocycles. The number of benzene rings is 2. The molecule has 3 aromatic rings. The second-order valence-electron chi connectivity index (χ2n) is 8.09. The smallest absolute Gasteiger partial charge is 0.430 e. The highest BCUT2D eigenvalue weighted by atomic mass is 35.5. The Balaban J connectivity index is 2.01. The molecular formula is C21H20ClF3N4O4S2. The number of nitrogens with zero attached hydrogens (tertiary/aromatic N) is 2. The van der Waals surface area contributed by atoms with Crippen molar-refractivity contribution in [3.05, 3.63) is 69.3 Å². The molecule has 1 heterocycles. The Hall–Kier alpha value is -2.87. The first-order valence-corrected chi connectivity index (χ1v) is 12.6. The van der Waals surface area contributed by atoms with E-state index in [1.165, 1.54) is 31.7 Å². The SMILES string of the molecule is CC(C)(C)OC(=O)N(c1cscn1)S(=O)(=O)c1ccc(N[C@@H](N)c2c(F)cccc2F)c(Cl)c1F. The number of nitrogens with one attached hydrogen (secondary N) is 1. The second kappa shape index (κ2) is 10.0. The van der Waals surface area contributed by atoms with Crippen molar-refractivity contribution in [3.63, 3.8) is 0 Å². The molecule has 0 fully saturated rings. The van der Waals surface area contributed by atoms with Crippen LogP contribution in [0.5, 0.6) is 0 Å². The maximum Gasteiger partial charge on any atom is 0.430 e. The van der Waals surface area contributed by atoms with Crippen LogP contribution in [0, 0.1) is 17.5 Å². The van der Waals surface area contributed by atoms with Crippen LogP contribution in [0.1, 0.15) is 32.5 Å². The molecule has 8 nitrogen and oxygen atoms in total. The van der Waals surface area contributed by atoms with Crippen LogP contribution in [0.3, 0.4) is 0 Å². The molecule has 0 unspecified atom stereocenters. The fourth-order valence-electron chi connectivity index (χ4n) is 2.91. The summed E-state index contributed by atoms with van der Waals surface area (Å²) in [6, 6.07) is 4.99. The number of sulfonamides is 1. The van der Waals surface area contributed by atoms with E-state index in [2.05, 4.69) is 10.3 Å². The lowest BCUT2D eigenvalue weighted by Crippen LogP contribution is -2.41. The van der Waals surface area contributed by atoms with Crippen molar-refractivity contribution in [2.75, 3.05) is 9.62 Å². The second-order valence-corrected chi connectivity index (χ2v) is 10.9. The van der Waals surface area contributed by atoms with Gasteiger partial charge >= 0.3 is 6.09 Å². The van der Waals surface area contributed by atoms with Crippen molar-refractivity contribution in [2.24, 2.45) is 5.73 Å². The molecule has 1 amide bonds. The van der Waals surface area contributed by atoms with Crippen LogP contribution in [0.25, 0.3) is 0 Å². The quantitative estimate of drug-likeness (QED) is 0.396. The first-order valence-electron chi connectivity index (χ1n) is 9.84. The molecule has 14 heteroatoms. The lowest BCUT2D eigenvalue weighted by Gasteiger charge is -2.26. The van der Waals surface area contributed by atoms with Gasteiger partial charge in [0.05, 0.1) is 16.8 Å². The van der Waals surface area contributed by atoms with Gasteiger partial charge in [0.2, 0.25) is 0 Å². The topological polar surface area (TPSA) is 115 Å². The first kappa shape index (κ1) is 26.7. The number of carbonyl (C=O) groups is 1. The van der Waals surface area contributed by atoms with Crippen molar-refractivity contribution >= 4 is 50.6 Å². The highest BCUT2D eigenvalue weighted by Gasteiger charge is 2.38. The third-order valence-corrected chi connectivity index (χ3v) is 7.01. The number of halogens is 4. The number of rotatable bonds is 6. The predicted octanol–water partition coefficient (Wildman–Crippen LogP) is 5.41. The minimum Gasteiger partial charge on any atom is -0.443 e. The Kier molecular flexibility index (Phi) is 7.65. The lowest BCUT2D eigenvalue weighted by atomic mass is 10.1. The van der Waals surface area contributed by atoms with E-state index in [0.717, 1.165) is 41.7 Å². The summed E-state index contributed by atoms with van der Waals surface area (Å²) < 4.78 is 75.3. The van der Waals surface area contributed by atoms with E-state index >= 15 is 4.39 Å². The molecule has 3 N–H and O–H groups in total. The molecule has 188 valence electrons. The van der Waals surface area contributed by atoms with E-state index < -0.39 is 60.8 Å². The van der Waals surface area contributed by atoms with Crippen LogP contribution < -0.4 is 15.4 Å². The third kappa shape index (κ3) is 5.69. The molecule has 3 rings (SSSR count). The Morgan fingerprint density at radius 2 is 1.83 bits per heavy atom. The maximum atomic E-state index is 15.2. The minimum atomic E-state index is -4.90. The number of ether oxygens (including phenoxy) is 1. The van der Waals surface area contributed by atoms with Crippen molar-refractivity contribution in [1.29, 1.82) is 0 Å². The normalized spacial score (nSPS) is 12.8. The molecule has 0 aliphatic rings. The van der Waals surface area contributed by atoms with E-state index in [1.54, 1.807) is 0 Å². The molecule has 0 saturated carbocycles. The average Bonchev–Trinajstić information content (AvgIpc) is 3.23. The Morgan fingerprint density at radius 3 is 2.37 bits per heavy atom. The Morgan fingerprint density at radius 1 is 1.20 bits per heavy atom. The fourth-order valence-corrected chi connectivity index (χ4v) is 5.12. The highest BCUT2D eigenvalue weighted by molar-refractivity contribution is 7.93. The van der Waals surface area contributed by atoms with Crippen molar-refractivity contribution in [2.45, 2.75) is 37.4 Å². The van der Waals surface area contributed by atoms with Gasteiger partial charge in [0.1, 0.15) is 33.3 Å². The van der Waals surface area contributed by atoms with Gasteiger partial charge in [-0.2, -0.15) is 0 Å². The predicted molar refractivity (Wildman–Crippen MR) is 126 cm³/mol. The van der Waals surface area contributed by atoms with Crippen LogP contribution in [0.15, 0.2) is 46.1 Å². The number of amides is 1. The molecule has 2 aromatic carbocycles. The van der Waals surface area contributed by atoms with E-state index in [0.29, 0.717) is 0 Å². The summed E-state index contributed by atoms with van der Waals surface area (Å²) in [4.78, 5) is 15.6. The van der Waals surface area contributed by atoms with Gasteiger partial charge in [-0.3, -0.25) is 0 Å². The van der Waals surface area contributed by atoms with Gasteiger partial charge < -0.3 is 15.8 Å². The zero-order valence-corrected chi connectivity index (χ0v) is 20.9. The molecule has 35 heavy (non-hydrogen) atoms. The van der Waals surface area contributed by atoms with Gasteiger partial charge in [0.15, 0.2) is 11.6 Å². The lowest BCUT2D eigenvalue weighted by molar-refractivity contribution is 0.0608. The van der Waals surface area contributed by atoms with E-state index in [1.807, 2.05) is 0 Å². The summed E-state index contributed by atoms with van der Waals surface area (Å²) in [5.41, 5.74) is 5.26.